The molecule has 2 heterocycles. The van der Waals surface area contributed by atoms with Crippen molar-refractivity contribution in [3.05, 3.63) is 51.1 Å². The number of nitriles is 1. The molecule has 1 aliphatic rings. The zero-order valence-electron chi connectivity index (χ0n) is 21.6. The number of nitrogens with zero attached hydrogens (tertiary/aromatic N) is 4. The molecule has 1 unspecified atom stereocenters. The number of hydrogen-bond donors (Lipinski definition) is 1. The summed E-state index contributed by atoms with van der Waals surface area (Å²) in [5, 5.41) is 23.3. The van der Waals surface area contributed by atoms with Crippen LogP contribution in [0.15, 0.2) is 29.4 Å². The van der Waals surface area contributed by atoms with Gasteiger partial charge in [-0.05, 0) is 67.3 Å². The molecule has 0 spiro atoms. The van der Waals surface area contributed by atoms with Crippen LogP contribution in [0.3, 0.4) is 0 Å². The maximum Gasteiger partial charge on any atom is 0.235 e. The molecule has 37 heavy (non-hydrogen) atoms. The van der Waals surface area contributed by atoms with E-state index < -0.39 is 0 Å². The SMILES string of the molecule is CCn1c(COc2ccc(Cl)cc2)nnc1SCC(=O)Nc1sc2c(c1C#N)CCC(C(C)(C)CC)C2. The van der Waals surface area contributed by atoms with Gasteiger partial charge in [-0.25, -0.2) is 0 Å². The summed E-state index contributed by atoms with van der Waals surface area (Å²) in [6.07, 6.45) is 4.08. The van der Waals surface area contributed by atoms with Gasteiger partial charge in [0.1, 0.15) is 23.4 Å². The molecular formula is C27H32ClN5O2S2. The number of anilines is 1. The summed E-state index contributed by atoms with van der Waals surface area (Å²) in [7, 11) is 0. The quantitative estimate of drug-likeness (QED) is 0.278. The molecule has 2 aromatic heterocycles. The largest absolute Gasteiger partial charge is 0.486 e. The van der Waals surface area contributed by atoms with E-state index in [9.17, 15) is 10.1 Å². The van der Waals surface area contributed by atoms with Crippen molar-refractivity contribution < 1.29 is 9.53 Å². The van der Waals surface area contributed by atoms with Gasteiger partial charge in [-0.3, -0.25) is 4.79 Å². The van der Waals surface area contributed by atoms with Gasteiger partial charge in [-0.1, -0.05) is 50.6 Å². The number of ether oxygens (including phenoxy) is 1. The summed E-state index contributed by atoms with van der Waals surface area (Å²) < 4.78 is 7.75. The third-order valence-corrected chi connectivity index (χ3v) is 9.66. The van der Waals surface area contributed by atoms with Crippen LogP contribution in [-0.2, 0) is 30.8 Å². The lowest BCUT2D eigenvalue weighted by Crippen LogP contribution is -2.28. The Hall–Kier alpha value is -2.54. The fourth-order valence-corrected chi connectivity index (χ4v) is 6.81. The highest BCUT2D eigenvalue weighted by Gasteiger charge is 2.34. The number of carbonyl (C=O) groups excluding carboxylic acids is 1. The normalized spacial score (nSPS) is 15.2. The number of benzene rings is 1. The Bertz CT molecular complexity index is 1290. The molecular weight excluding hydrogens is 526 g/mol. The lowest BCUT2D eigenvalue weighted by Gasteiger charge is -2.36. The Morgan fingerprint density at radius 1 is 1.32 bits per heavy atom. The second-order valence-electron chi connectivity index (χ2n) is 9.82. The Kier molecular flexibility index (Phi) is 8.83. The van der Waals surface area contributed by atoms with Crippen LogP contribution in [0, 0.1) is 22.7 Å². The van der Waals surface area contributed by atoms with Crippen LogP contribution in [0.4, 0.5) is 5.00 Å². The van der Waals surface area contributed by atoms with Crippen molar-refractivity contribution in [3.8, 4) is 11.8 Å². The van der Waals surface area contributed by atoms with E-state index >= 15 is 0 Å². The molecule has 0 saturated carbocycles. The van der Waals surface area contributed by atoms with Crippen molar-refractivity contribution in [2.75, 3.05) is 11.1 Å². The van der Waals surface area contributed by atoms with E-state index in [1.165, 1.54) is 16.6 Å². The van der Waals surface area contributed by atoms with Gasteiger partial charge in [0, 0.05) is 16.4 Å². The number of rotatable bonds is 10. The van der Waals surface area contributed by atoms with Crippen molar-refractivity contribution >= 4 is 45.6 Å². The van der Waals surface area contributed by atoms with E-state index in [2.05, 4.69) is 42.4 Å². The highest BCUT2D eigenvalue weighted by atomic mass is 35.5. The summed E-state index contributed by atoms with van der Waals surface area (Å²) in [4.78, 5) is 14.1. The number of amides is 1. The number of hydrogen-bond acceptors (Lipinski definition) is 7. The van der Waals surface area contributed by atoms with Crippen LogP contribution >= 0.6 is 34.7 Å². The Morgan fingerprint density at radius 3 is 2.76 bits per heavy atom. The van der Waals surface area contributed by atoms with Crippen LogP contribution in [0.25, 0.3) is 0 Å². The number of halogens is 1. The van der Waals surface area contributed by atoms with E-state index in [1.54, 1.807) is 35.6 Å². The van der Waals surface area contributed by atoms with Crippen LogP contribution in [0.5, 0.6) is 5.75 Å². The highest BCUT2D eigenvalue weighted by molar-refractivity contribution is 7.99. The third-order valence-electron chi connectivity index (χ3n) is 7.27. The molecule has 0 saturated heterocycles. The zero-order valence-corrected chi connectivity index (χ0v) is 24.0. The van der Waals surface area contributed by atoms with Crippen LogP contribution < -0.4 is 10.1 Å². The van der Waals surface area contributed by atoms with Gasteiger partial charge in [0.05, 0.1) is 11.3 Å². The smallest absolute Gasteiger partial charge is 0.235 e. The average Bonchev–Trinajstić information content (AvgIpc) is 3.46. The van der Waals surface area contributed by atoms with E-state index in [1.807, 2.05) is 11.5 Å². The molecule has 10 heteroatoms. The molecule has 1 aliphatic carbocycles. The minimum absolute atomic E-state index is 0.157. The summed E-state index contributed by atoms with van der Waals surface area (Å²) >= 11 is 8.82. The number of nitrogens with one attached hydrogen (secondary N) is 1. The standard InChI is InChI=1S/C27H32ClN5O2S2/c1-5-27(3,4)17-7-12-20-21(14-29)25(37-22(20)13-17)30-24(34)16-36-26-32-31-23(33(26)6-2)15-35-19-10-8-18(28)9-11-19/h8-11,17H,5-7,12-13,15-16H2,1-4H3,(H,30,34). The second kappa shape index (κ2) is 11.9. The van der Waals surface area contributed by atoms with Crippen molar-refractivity contribution in [2.45, 2.75) is 71.7 Å². The van der Waals surface area contributed by atoms with Crippen LogP contribution in [-0.4, -0.2) is 26.4 Å². The summed E-state index contributed by atoms with van der Waals surface area (Å²) in [6, 6.07) is 9.49. The first kappa shape index (κ1) is 27.5. The minimum atomic E-state index is -0.157. The fraction of sp³-hybridized carbons (Fsp3) is 0.481. The zero-order chi connectivity index (χ0) is 26.6. The van der Waals surface area contributed by atoms with Gasteiger partial charge in [0.15, 0.2) is 11.0 Å². The van der Waals surface area contributed by atoms with Crippen molar-refractivity contribution in [3.63, 3.8) is 0 Å². The second-order valence-corrected chi connectivity index (χ2v) is 12.3. The number of fused-ring (bicyclic) bond motifs is 1. The monoisotopic (exact) mass is 557 g/mol. The van der Waals surface area contributed by atoms with Crippen molar-refractivity contribution in [1.82, 2.24) is 14.8 Å². The van der Waals surface area contributed by atoms with Crippen molar-refractivity contribution in [2.24, 2.45) is 11.3 Å². The molecule has 196 valence electrons. The topological polar surface area (TPSA) is 92.8 Å². The van der Waals surface area contributed by atoms with E-state index in [-0.39, 0.29) is 23.7 Å². The van der Waals surface area contributed by atoms with E-state index in [4.69, 9.17) is 16.3 Å². The predicted octanol–water partition coefficient (Wildman–Crippen LogP) is 6.74. The Morgan fingerprint density at radius 2 is 2.08 bits per heavy atom. The molecule has 4 rings (SSSR count). The van der Waals surface area contributed by atoms with E-state index in [0.717, 1.165) is 31.2 Å². The fourth-order valence-electron chi connectivity index (χ4n) is 4.57. The first-order chi connectivity index (χ1) is 17.7. The molecule has 3 aromatic rings. The Labute approximate surface area is 231 Å². The lowest BCUT2D eigenvalue weighted by molar-refractivity contribution is -0.113. The first-order valence-corrected chi connectivity index (χ1v) is 14.7. The highest BCUT2D eigenvalue weighted by Crippen LogP contribution is 2.45. The summed E-state index contributed by atoms with van der Waals surface area (Å²) in [5.41, 5.74) is 2.02. The third kappa shape index (κ3) is 6.31. The van der Waals surface area contributed by atoms with Gasteiger partial charge in [-0.15, -0.1) is 21.5 Å². The molecule has 1 atom stereocenters. The molecule has 0 radical (unpaired) electrons. The number of thioether (sulfide) groups is 1. The molecule has 1 amide bonds. The molecule has 1 N–H and O–H groups in total. The van der Waals surface area contributed by atoms with E-state index in [0.29, 0.717) is 44.8 Å². The molecule has 0 fully saturated rings. The summed E-state index contributed by atoms with van der Waals surface area (Å²) in [6.45, 7) is 9.81. The van der Waals surface area contributed by atoms with Gasteiger partial charge in [0.2, 0.25) is 5.91 Å². The van der Waals surface area contributed by atoms with Crippen LogP contribution in [0.1, 0.15) is 62.4 Å². The molecule has 1 aromatic carbocycles. The molecule has 0 aliphatic heterocycles. The predicted molar refractivity (Wildman–Crippen MR) is 149 cm³/mol. The number of thiophene rings is 1. The maximum atomic E-state index is 12.9. The van der Waals surface area contributed by atoms with Crippen molar-refractivity contribution in [1.29, 1.82) is 5.26 Å². The van der Waals surface area contributed by atoms with Gasteiger partial charge in [0.25, 0.3) is 0 Å². The molecule has 7 nitrogen and oxygen atoms in total. The van der Waals surface area contributed by atoms with Gasteiger partial charge < -0.3 is 14.6 Å². The average molecular weight is 558 g/mol. The van der Waals surface area contributed by atoms with Crippen LogP contribution in [0.2, 0.25) is 5.02 Å². The number of aromatic nitrogens is 3. The molecule has 0 bridgehead atoms. The first-order valence-electron chi connectivity index (χ1n) is 12.5. The lowest BCUT2D eigenvalue weighted by atomic mass is 9.69. The summed E-state index contributed by atoms with van der Waals surface area (Å²) in [5.74, 6) is 1.99. The maximum absolute atomic E-state index is 12.9. The minimum Gasteiger partial charge on any atom is -0.486 e. The van der Waals surface area contributed by atoms with Gasteiger partial charge in [-0.2, -0.15) is 5.26 Å². The number of carbonyl (C=O) groups is 1. The Balaban J connectivity index is 1.38. The van der Waals surface area contributed by atoms with Gasteiger partial charge >= 0.3 is 0 Å².